The molecule has 1 fully saturated rings. The molecule has 15 heavy (non-hydrogen) atoms. The molecule has 1 aliphatic rings. The van der Waals surface area contributed by atoms with E-state index in [1.165, 1.54) is 11.1 Å². The lowest BCUT2D eigenvalue weighted by Crippen LogP contribution is -2.36. The van der Waals surface area contributed by atoms with Crippen LogP contribution in [0, 0.1) is 0 Å². The molecule has 1 aliphatic heterocycles. The van der Waals surface area contributed by atoms with E-state index in [0.29, 0.717) is 0 Å². The highest BCUT2D eigenvalue weighted by Gasteiger charge is 2.11. The van der Waals surface area contributed by atoms with Crippen molar-refractivity contribution in [1.82, 2.24) is 0 Å². The quantitative estimate of drug-likeness (QED) is 0.711. The van der Waals surface area contributed by atoms with Crippen LogP contribution in [0.5, 0.6) is 0 Å². The summed E-state index contributed by atoms with van der Waals surface area (Å²) in [6, 6.07) is 8.31. The van der Waals surface area contributed by atoms with E-state index < -0.39 is 0 Å². The predicted molar refractivity (Wildman–Crippen MR) is 59.2 cm³/mol. The van der Waals surface area contributed by atoms with E-state index in [2.05, 4.69) is 17.0 Å². The van der Waals surface area contributed by atoms with Gasteiger partial charge in [-0.3, -0.25) is 0 Å². The van der Waals surface area contributed by atoms with Gasteiger partial charge in [0, 0.05) is 24.2 Å². The number of nitrogens with zero attached hydrogens (tertiary/aromatic N) is 1. The Bertz CT molecular complexity index is 457. The number of furan rings is 1. The Balaban J connectivity index is 1.95. The summed E-state index contributed by atoms with van der Waals surface area (Å²) < 4.78 is 10.7. The maximum atomic E-state index is 5.33. The van der Waals surface area contributed by atoms with Gasteiger partial charge in [0.15, 0.2) is 0 Å². The van der Waals surface area contributed by atoms with Gasteiger partial charge in [-0.2, -0.15) is 0 Å². The summed E-state index contributed by atoms with van der Waals surface area (Å²) in [5.74, 6) is 0. The van der Waals surface area contributed by atoms with Crippen LogP contribution < -0.4 is 4.90 Å². The summed E-state index contributed by atoms with van der Waals surface area (Å²) in [5, 5.41) is 1.17. The van der Waals surface area contributed by atoms with Crippen LogP contribution in [-0.2, 0) is 4.74 Å². The molecule has 0 amide bonds. The van der Waals surface area contributed by atoms with Gasteiger partial charge in [-0.05, 0) is 24.3 Å². The fourth-order valence-corrected chi connectivity index (χ4v) is 1.97. The van der Waals surface area contributed by atoms with E-state index >= 15 is 0 Å². The monoisotopic (exact) mass is 203 g/mol. The largest absolute Gasteiger partial charge is 0.464 e. The molecule has 0 aliphatic carbocycles. The third-order valence-electron chi connectivity index (χ3n) is 2.81. The van der Waals surface area contributed by atoms with Gasteiger partial charge in [0.05, 0.1) is 19.5 Å². The highest BCUT2D eigenvalue weighted by Crippen LogP contribution is 2.23. The first-order chi connectivity index (χ1) is 7.43. The Morgan fingerprint density at radius 3 is 2.80 bits per heavy atom. The van der Waals surface area contributed by atoms with Crippen LogP contribution in [0.25, 0.3) is 11.0 Å². The average molecular weight is 203 g/mol. The molecule has 1 saturated heterocycles. The number of hydrogen-bond acceptors (Lipinski definition) is 3. The number of ether oxygens (including phenoxy) is 1. The number of fused-ring (bicyclic) bond motifs is 1. The fraction of sp³-hybridized carbons (Fsp3) is 0.333. The zero-order chi connectivity index (χ0) is 10.1. The summed E-state index contributed by atoms with van der Waals surface area (Å²) in [7, 11) is 0. The maximum Gasteiger partial charge on any atom is 0.133 e. The van der Waals surface area contributed by atoms with Crippen molar-refractivity contribution in [3.05, 3.63) is 30.5 Å². The van der Waals surface area contributed by atoms with Crippen LogP contribution in [0.15, 0.2) is 34.9 Å². The summed E-state index contributed by atoms with van der Waals surface area (Å²) in [6.07, 6.45) is 1.73. The van der Waals surface area contributed by atoms with E-state index in [-0.39, 0.29) is 0 Å². The molecule has 3 rings (SSSR count). The molecule has 3 nitrogen and oxygen atoms in total. The van der Waals surface area contributed by atoms with Crippen LogP contribution in [-0.4, -0.2) is 26.3 Å². The van der Waals surface area contributed by atoms with Crippen molar-refractivity contribution in [2.45, 2.75) is 0 Å². The van der Waals surface area contributed by atoms with Crippen molar-refractivity contribution in [3.8, 4) is 0 Å². The predicted octanol–water partition coefficient (Wildman–Crippen LogP) is 2.27. The minimum absolute atomic E-state index is 0.823. The Morgan fingerprint density at radius 1 is 1.07 bits per heavy atom. The third-order valence-corrected chi connectivity index (χ3v) is 2.81. The normalized spacial score (nSPS) is 17.2. The first kappa shape index (κ1) is 8.80. The summed E-state index contributed by atoms with van der Waals surface area (Å²) >= 11 is 0. The molecule has 0 bridgehead atoms. The van der Waals surface area contributed by atoms with Crippen LogP contribution in [0.4, 0.5) is 5.69 Å². The molecule has 3 heteroatoms. The number of hydrogen-bond donors (Lipinski definition) is 0. The third kappa shape index (κ3) is 1.59. The van der Waals surface area contributed by atoms with E-state index in [9.17, 15) is 0 Å². The van der Waals surface area contributed by atoms with Crippen LogP contribution in [0.3, 0.4) is 0 Å². The first-order valence-corrected chi connectivity index (χ1v) is 5.23. The van der Waals surface area contributed by atoms with Crippen molar-refractivity contribution < 1.29 is 9.15 Å². The minimum atomic E-state index is 0.823. The van der Waals surface area contributed by atoms with E-state index in [0.717, 1.165) is 31.9 Å². The number of benzene rings is 1. The lowest BCUT2D eigenvalue weighted by molar-refractivity contribution is 0.122. The molecule has 0 saturated carbocycles. The highest BCUT2D eigenvalue weighted by molar-refractivity contribution is 5.81. The Hall–Kier alpha value is -1.48. The van der Waals surface area contributed by atoms with Crippen LogP contribution >= 0.6 is 0 Å². The standard InChI is InChI=1S/C12H13NO2/c1-2-12-10(3-6-15-12)9-11(1)13-4-7-14-8-5-13/h1-3,6,9H,4-5,7-8H2. The van der Waals surface area contributed by atoms with E-state index in [1.54, 1.807) is 6.26 Å². The molecule has 78 valence electrons. The SMILES string of the molecule is c1cc2cc(N3CCOCC3)ccc2o1. The van der Waals surface area contributed by atoms with Crippen molar-refractivity contribution in [1.29, 1.82) is 0 Å². The highest BCUT2D eigenvalue weighted by atomic mass is 16.5. The molecule has 0 spiro atoms. The van der Waals surface area contributed by atoms with Crippen LogP contribution in [0.2, 0.25) is 0 Å². The van der Waals surface area contributed by atoms with E-state index in [1.807, 2.05) is 12.1 Å². The molecule has 0 unspecified atom stereocenters. The second-order valence-electron chi connectivity index (χ2n) is 3.74. The number of morpholine rings is 1. The zero-order valence-electron chi connectivity index (χ0n) is 8.48. The van der Waals surface area contributed by atoms with Crippen molar-refractivity contribution in [3.63, 3.8) is 0 Å². The van der Waals surface area contributed by atoms with Crippen LogP contribution in [0.1, 0.15) is 0 Å². The topological polar surface area (TPSA) is 25.6 Å². The maximum absolute atomic E-state index is 5.33. The van der Waals surface area contributed by atoms with Crippen molar-refractivity contribution in [2.24, 2.45) is 0 Å². The van der Waals surface area contributed by atoms with Crippen molar-refractivity contribution in [2.75, 3.05) is 31.2 Å². The van der Waals surface area contributed by atoms with Gasteiger partial charge in [0.2, 0.25) is 0 Å². The Morgan fingerprint density at radius 2 is 1.93 bits per heavy atom. The minimum Gasteiger partial charge on any atom is -0.464 e. The molecule has 2 heterocycles. The van der Waals surface area contributed by atoms with Gasteiger partial charge in [-0.25, -0.2) is 0 Å². The molecule has 2 aromatic rings. The first-order valence-electron chi connectivity index (χ1n) is 5.23. The van der Waals surface area contributed by atoms with Gasteiger partial charge in [-0.1, -0.05) is 0 Å². The summed E-state index contributed by atoms with van der Waals surface area (Å²) in [4.78, 5) is 2.34. The van der Waals surface area contributed by atoms with E-state index in [4.69, 9.17) is 9.15 Å². The Kier molecular flexibility index (Phi) is 2.10. The average Bonchev–Trinajstić information content (AvgIpc) is 2.77. The fourth-order valence-electron chi connectivity index (χ4n) is 1.97. The second-order valence-corrected chi connectivity index (χ2v) is 3.74. The zero-order valence-corrected chi connectivity index (χ0v) is 8.48. The molecule has 0 N–H and O–H groups in total. The second kappa shape index (κ2) is 3.59. The molecule has 1 aromatic heterocycles. The van der Waals surface area contributed by atoms with Gasteiger partial charge < -0.3 is 14.1 Å². The number of anilines is 1. The summed E-state index contributed by atoms with van der Waals surface area (Å²) in [6.45, 7) is 3.60. The van der Waals surface area contributed by atoms with Gasteiger partial charge in [0.1, 0.15) is 5.58 Å². The van der Waals surface area contributed by atoms with Gasteiger partial charge in [0.25, 0.3) is 0 Å². The molecule has 0 radical (unpaired) electrons. The lowest BCUT2D eigenvalue weighted by Gasteiger charge is -2.28. The Labute approximate surface area is 88.2 Å². The van der Waals surface area contributed by atoms with Crippen molar-refractivity contribution >= 4 is 16.7 Å². The lowest BCUT2D eigenvalue weighted by atomic mass is 10.2. The molecule has 0 atom stereocenters. The molecular formula is C12H13NO2. The molecular weight excluding hydrogens is 190 g/mol. The smallest absolute Gasteiger partial charge is 0.133 e. The van der Waals surface area contributed by atoms with Gasteiger partial charge >= 0.3 is 0 Å². The number of rotatable bonds is 1. The van der Waals surface area contributed by atoms with Gasteiger partial charge in [-0.15, -0.1) is 0 Å². The summed E-state index contributed by atoms with van der Waals surface area (Å²) in [5.41, 5.74) is 2.21. The molecule has 1 aromatic carbocycles.